The van der Waals surface area contributed by atoms with Crippen LogP contribution >= 0.6 is 24.0 Å². The van der Waals surface area contributed by atoms with Crippen molar-refractivity contribution >= 4 is 69.4 Å². The number of aromatic nitrogens is 6. The minimum atomic E-state index is -0.741. The molecule has 6 heterocycles. The first-order chi connectivity index (χ1) is 37.1. The van der Waals surface area contributed by atoms with E-state index in [1.807, 2.05) is 4.57 Å². The number of nitrogens with one attached hydrogen (secondary N) is 1. The molecule has 0 saturated carbocycles. The Balaban J connectivity index is 0.000000274. The van der Waals surface area contributed by atoms with Crippen molar-refractivity contribution in [3.63, 3.8) is 0 Å². The average Bonchev–Trinajstić information content (AvgIpc) is 4.09. The minimum Gasteiger partial charge on any atom is -0.451 e. The fraction of sp³-hybridized carbons (Fsp3) is 0.500. The van der Waals surface area contributed by atoms with E-state index in [0.29, 0.717) is 65.1 Å². The Kier molecular flexibility index (Phi) is 25.4. The molecule has 2 aliphatic heterocycles. The topological polar surface area (TPSA) is 173 Å². The van der Waals surface area contributed by atoms with E-state index in [1.165, 1.54) is 72.7 Å². The van der Waals surface area contributed by atoms with Gasteiger partial charge in [0, 0.05) is 101 Å². The minimum absolute atomic E-state index is 0. The molecule has 0 spiro atoms. The van der Waals surface area contributed by atoms with Crippen molar-refractivity contribution in [3.8, 4) is 0 Å². The summed E-state index contributed by atoms with van der Waals surface area (Å²) in [5.74, 6) is -2.50. The monoisotopic (exact) mass is 1140 g/mol. The van der Waals surface area contributed by atoms with Crippen LogP contribution in [0.25, 0.3) is 22.1 Å². The zero-order valence-electron chi connectivity index (χ0n) is 47.0. The van der Waals surface area contributed by atoms with Gasteiger partial charge in [0.1, 0.15) is 35.6 Å². The highest BCUT2D eigenvalue weighted by atomic mass is 35.5. The third-order valence-corrected chi connectivity index (χ3v) is 13.3. The number of carbonyl (C=O) groups excluding carboxylic acids is 4. The van der Waals surface area contributed by atoms with E-state index < -0.39 is 28.7 Å². The summed E-state index contributed by atoms with van der Waals surface area (Å²) in [6.45, 7) is 20.0. The molecule has 2 aromatic carbocycles. The summed E-state index contributed by atoms with van der Waals surface area (Å²) in [6, 6.07) is 8.76. The lowest BCUT2D eigenvalue weighted by Gasteiger charge is -2.32. The molecule has 2 saturated heterocycles. The number of benzene rings is 2. The van der Waals surface area contributed by atoms with Gasteiger partial charge in [0.05, 0.1) is 34.4 Å². The average molecular weight is 1150 g/mol. The predicted molar refractivity (Wildman–Crippen MR) is 300 cm³/mol. The van der Waals surface area contributed by atoms with Gasteiger partial charge in [-0.25, -0.2) is 47.1 Å². The van der Waals surface area contributed by atoms with Crippen molar-refractivity contribution in [3.05, 3.63) is 118 Å². The van der Waals surface area contributed by atoms with E-state index >= 15 is 4.39 Å². The molecule has 3 amide bonds. The van der Waals surface area contributed by atoms with E-state index in [0.717, 1.165) is 25.9 Å². The normalized spacial score (nSPS) is 13.7. The Morgan fingerprint density at radius 1 is 0.633 bits per heavy atom. The van der Waals surface area contributed by atoms with Crippen molar-refractivity contribution < 1.29 is 46.2 Å². The maximum Gasteiger partial charge on any atom is 0.410 e. The number of likely N-dealkylation sites (tertiary alicyclic amines) is 1. The molecule has 6 aromatic rings. The lowest BCUT2D eigenvalue weighted by molar-refractivity contribution is 0.0662. The Bertz CT molecular complexity index is 2970. The molecule has 0 unspecified atom stereocenters. The summed E-state index contributed by atoms with van der Waals surface area (Å²) < 4.78 is 72.7. The van der Waals surface area contributed by atoms with Gasteiger partial charge in [0.15, 0.2) is 11.6 Å². The number of hydrogen-bond donors (Lipinski definition) is 1. The van der Waals surface area contributed by atoms with Crippen molar-refractivity contribution in [1.29, 1.82) is 0 Å². The number of nitrogens with zero attached hydrogens (tertiary/aromatic N) is 10. The highest BCUT2D eigenvalue weighted by molar-refractivity contribution is 6.61. The standard InChI is InChI=1S/C25H29F2N5O3.C21H23F2N5O.C6H15N.C4H7ClO2.ClH/c1-15(2)35-25(34)31-9-7-18(8-10-31)32-13-20(27)22-21(28-14-29-23(22)32)12-16-5-6-17(11-19(16)26)24(33)30(3)4;1-27(2)21(29)14-4-3-13(16(22)9-14)10-18-19-17(23)11-28(20(19)26-12-25-18)15-5-7-24-8-6-15;1-4-7(5-2)6-3;1-3(2)7-4(5)6;/h5-6,11,13-15,18H,7-10,12H2,1-4H3;3-4,9,11-12,15,24H,5-8,10H2,1-2H3;4-6H2,1-3H3;3H,1-2H3;1H. The lowest BCUT2D eigenvalue weighted by Crippen LogP contribution is -2.40. The Hall–Kier alpha value is -6.42. The van der Waals surface area contributed by atoms with Gasteiger partial charge in [-0.3, -0.25) is 9.59 Å². The van der Waals surface area contributed by atoms with E-state index in [-0.39, 0.29) is 84.0 Å². The molecule has 0 radical (unpaired) electrons. The van der Waals surface area contributed by atoms with Gasteiger partial charge in [-0.1, -0.05) is 32.9 Å². The Labute approximate surface area is 471 Å². The SMILES string of the molecule is CC(C)OC(=O)Cl.CC(C)OC(=O)N1CCC(n2cc(F)c3c(Cc4ccc(C(=O)N(C)C)cc4F)ncnc32)CC1.CCN(CC)CC.CN(C)C(=O)c1ccc(Cc2ncnc3c2c(F)cn3C2CCNCC2)c(F)c1.Cl. The van der Waals surface area contributed by atoms with Gasteiger partial charge in [-0.05, 0) is 121 Å². The number of amides is 3. The van der Waals surface area contributed by atoms with Crippen LogP contribution in [0.15, 0.2) is 61.4 Å². The van der Waals surface area contributed by atoms with Crippen LogP contribution in [0.4, 0.5) is 27.2 Å². The summed E-state index contributed by atoms with van der Waals surface area (Å²) in [6.07, 6.45) is 8.24. The third kappa shape index (κ3) is 17.8. The molecule has 2 fully saturated rings. The zero-order valence-corrected chi connectivity index (χ0v) is 48.6. The smallest absolute Gasteiger partial charge is 0.410 e. The van der Waals surface area contributed by atoms with Crippen LogP contribution in [-0.4, -0.2) is 158 Å². The molecular weight excluding hydrogens is 1070 g/mol. The van der Waals surface area contributed by atoms with Crippen LogP contribution in [0.2, 0.25) is 0 Å². The van der Waals surface area contributed by atoms with E-state index in [9.17, 15) is 32.3 Å². The summed E-state index contributed by atoms with van der Waals surface area (Å²) in [7, 11) is 6.42. The van der Waals surface area contributed by atoms with Crippen LogP contribution in [0, 0.1) is 23.3 Å². The quantitative estimate of drug-likeness (QED) is 0.0858. The predicted octanol–water partition coefficient (Wildman–Crippen LogP) is 10.7. The first-order valence-corrected chi connectivity index (χ1v) is 26.7. The second kappa shape index (κ2) is 30.8. The van der Waals surface area contributed by atoms with Gasteiger partial charge < -0.3 is 43.5 Å². The fourth-order valence-electron chi connectivity index (χ4n) is 9.09. The van der Waals surface area contributed by atoms with Crippen LogP contribution in [0.5, 0.6) is 0 Å². The third-order valence-electron chi connectivity index (χ3n) is 13.2. The number of rotatable bonds is 13. The van der Waals surface area contributed by atoms with Gasteiger partial charge in [-0.15, -0.1) is 12.4 Å². The van der Waals surface area contributed by atoms with E-state index in [1.54, 1.807) is 83.6 Å². The summed E-state index contributed by atoms with van der Waals surface area (Å²) in [4.78, 5) is 70.0. The fourth-order valence-corrected chi connectivity index (χ4v) is 9.27. The summed E-state index contributed by atoms with van der Waals surface area (Å²) in [5.41, 5.74) is 2.22. The zero-order chi connectivity index (χ0) is 57.4. The Morgan fingerprint density at radius 2 is 1.04 bits per heavy atom. The molecule has 0 aliphatic carbocycles. The van der Waals surface area contributed by atoms with Gasteiger partial charge in [0.2, 0.25) is 0 Å². The molecule has 17 nitrogen and oxygen atoms in total. The number of piperidine rings is 2. The van der Waals surface area contributed by atoms with Gasteiger partial charge >= 0.3 is 11.5 Å². The Morgan fingerprint density at radius 3 is 1.37 bits per heavy atom. The second-order valence-corrected chi connectivity index (χ2v) is 20.1. The summed E-state index contributed by atoms with van der Waals surface area (Å²) >= 11 is 4.81. The molecule has 432 valence electrons. The van der Waals surface area contributed by atoms with Crippen LogP contribution in [0.3, 0.4) is 0 Å². The molecule has 8 rings (SSSR count). The number of hydrogen-bond acceptors (Lipinski definition) is 12. The maximum absolute atomic E-state index is 15.1. The number of fused-ring (bicyclic) bond motifs is 2. The second-order valence-electron chi connectivity index (χ2n) is 19.8. The van der Waals surface area contributed by atoms with E-state index in [4.69, 9.17) is 16.3 Å². The van der Waals surface area contributed by atoms with Crippen molar-refractivity contribution in [2.75, 3.05) is 74.0 Å². The number of halogens is 6. The van der Waals surface area contributed by atoms with Gasteiger partial charge in [0.25, 0.3) is 11.8 Å². The van der Waals surface area contributed by atoms with Crippen molar-refractivity contribution in [1.82, 2.24) is 54.0 Å². The molecule has 1 N–H and O–H groups in total. The first kappa shape index (κ1) is 65.1. The molecule has 2 aliphatic rings. The van der Waals surface area contributed by atoms with Crippen LogP contribution < -0.4 is 5.32 Å². The van der Waals surface area contributed by atoms with Gasteiger partial charge in [-0.2, -0.15) is 0 Å². The number of ether oxygens (including phenoxy) is 2. The molecule has 23 heteroatoms. The summed E-state index contributed by atoms with van der Waals surface area (Å²) in [5, 5.41) is 3.88. The largest absolute Gasteiger partial charge is 0.451 e. The highest BCUT2D eigenvalue weighted by Gasteiger charge is 2.29. The number of carbonyl (C=O) groups is 4. The van der Waals surface area contributed by atoms with Crippen molar-refractivity contribution in [2.24, 2.45) is 0 Å². The van der Waals surface area contributed by atoms with Crippen LogP contribution in [-0.2, 0) is 22.3 Å². The lowest BCUT2D eigenvalue weighted by atomic mass is 10.0. The van der Waals surface area contributed by atoms with E-state index in [2.05, 4.69) is 55.7 Å². The first-order valence-electron chi connectivity index (χ1n) is 26.3. The molecule has 0 bridgehead atoms. The maximum atomic E-state index is 15.1. The molecule has 4 aromatic heterocycles. The van der Waals surface area contributed by atoms with Crippen LogP contribution in [0.1, 0.15) is 129 Å². The molecule has 79 heavy (non-hydrogen) atoms. The molecular formula is C56H75Cl2F4N11O6. The molecule has 0 atom stereocenters. The van der Waals surface area contributed by atoms with Crippen molar-refractivity contribution in [2.45, 2.75) is 111 Å². The highest BCUT2D eigenvalue weighted by Crippen LogP contribution is 2.32.